The third kappa shape index (κ3) is 3.68. The molecular formula is C22H22N4O3. The topological polar surface area (TPSA) is 91.7 Å². The van der Waals surface area contributed by atoms with Gasteiger partial charge in [-0.05, 0) is 49.6 Å². The van der Waals surface area contributed by atoms with Gasteiger partial charge in [0.15, 0.2) is 0 Å². The zero-order chi connectivity index (χ0) is 20.4. The molecule has 2 fully saturated rings. The fourth-order valence-electron chi connectivity index (χ4n) is 4.02. The lowest BCUT2D eigenvalue weighted by Crippen LogP contribution is -2.30. The molecule has 1 saturated heterocycles. The number of fused-ring (bicyclic) bond motifs is 1. The second kappa shape index (κ2) is 7.95. The molecule has 0 radical (unpaired) electrons. The molecule has 2 aliphatic rings. The molecule has 0 bridgehead atoms. The fraction of sp³-hybridized carbons (Fsp3) is 0.318. The highest BCUT2D eigenvalue weighted by atomic mass is 16.2. The number of carbonyl (C=O) groups excluding carboxylic acids is 3. The van der Waals surface area contributed by atoms with Gasteiger partial charge >= 0.3 is 0 Å². The first-order valence-corrected chi connectivity index (χ1v) is 9.80. The Balaban J connectivity index is 1.47. The minimum Gasteiger partial charge on any atom is -0.274 e. The van der Waals surface area contributed by atoms with Crippen LogP contribution in [0, 0.1) is 11.8 Å². The Morgan fingerprint density at radius 2 is 1.69 bits per heavy atom. The van der Waals surface area contributed by atoms with Gasteiger partial charge in [0.1, 0.15) is 5.69 Å². The van der Waals surface area contributed by atoms with Gasteiger partial charge in [0.05, 0.1) is 23.2 Å². The van der Waals surface area contributed by atoms with Crippen LogP contribution < -0.4 is 10.3 Å². The molecule has 2 atom stereocenters. The summed E-state index contributed by atoms with van der Waals surface area (Å²) < 4.78 is 0. The van der Waals surface area contributed by atoms with Crippen LogP contribution in [0.4, 0.5) is 5.69 Å². The van der Waals surface area contributed by atoms with Crippen molar-refractivity contribution >= 4 is 29.1 Å². The van der Waals surface area contributed by atoms with Gasteiger partial charge in [-0.2, -0.15) is 5.10 Å². The lowest BCUT2D eigenvalue weighted by Gasteiger charge is -2.19. The summed E-state index contributed by atoms with van der Waals surface area (Å²) in [7, 11) is 0. The Bertz CT molecular complexity index is 945. The van der Waals surface area contributed by atoms with Crippen LogP contribution in [-0.4, -0.2) is 28.4 Å². The number of aromatic nitrogens is 1. The quantitative estimate of drug-likeness (QED) is 0.494. The molecule has 1 saturated carbocycles. The Kier molecular flexibility index (Phi) is 5.20. The largest absolute Gasteiger partial charge is 0.289 e. The summed E-state index contributed by atoms with van der Waals surface area (Å²) in [4.78, 5) is 42.8. The number of nitrogens with zero attached hydrogens (tertiary/aromatic N) is 3. The average molecular weight is 390 g/mol. The second-order valence-corrected chi connectivity index (χ2v) is 7.41. The van der Waals surface area contributed by atoms with Gasteiger partial charge < -0.3 is 0 Å². The lowest BCUT2D eigenvalue weighted by molar-refractivity contribution is -0.122. The summed E-state index contributed by atoms with van der Waals surface area (Å²) in [6, 6.07) is 12.2. The average Bonchev–Trinajstić information content (AvgIpc) is 3.03. The Morgan fingerprint density at radius 1 is 1.03 bits per heavy atom. The first-order chi connectivity index (χ1) is 14.1. The van der Waals surface area contributed by atoms with Gasteiger partial charge in [-0.3, -0.25) is 24.3 Å². The molecule has 2 aromatic rings. The number of hydrogen-bond acceptors (Lipinski definition) is 5. The maximum Gasteiger partial charge on any atom is 0.289 e. The predicted octanol–water partition coefficient (Wildman–Crippen LogP) is 2.92. The van der Waals surface area contributed by atoms with E-state index in [-0.39, 0.29) is 29.3 Å². The first-order valence-electron chi connectivity index (χ1n) is 9.80. The Hall–Kier alpha value is -3.35. The molecular weight excluding hydrogens is 368 g/mol. The van der Waals surface area contributed by atoms with E-state index in [0.29, 0.717) is 11.4 Å². The van der Waals surface area contributed by atoms with E-state index >= 15 is 0 Å². The molecule has 0 unspecified atom stereocenters. The van der Waals surface area contributed by atoms with E-state index in [1.54, 1.807) is 55.6 Å². The molecule has 2 heterocycles. The van der Waals surface area contributed by atoms with Gasteiger partial charge in [0.2, 0.25) is 11.8 Å². The highest BCUT2D eigenvalue weighted by molar-refractivity contribution is 6.22. The number of rotatable bonds is 4. The molecule has 148 valence electrons. The summed E-state index contributed by atoms with van der Waals surface area (Å²) in [5.74, 6) is -0.888. The standard InChI is InChI=1S/C22H22N4O3/c1-14(24-25-20(27)19-8-4-5-13-23-19)15-9-11-16(12-10-15)26-21(28)17-6-2-3-7-18(17)22(26)29/h4-5,8-13,17-18H,2-3,6-7H2,1H3,(H,25,27)/b24-14-/t17-,18+. The molecule has 0 spiro atoms. The van der Waals surface area contributed by atoms with E-state index in [4.69, 9.17) is 0 Å². The van der Waals surface area contributed by atoms with Crippen LogP contribution in [-0.2, 0) is 9.59 Å². The summed E-state index contributed by atoms with van der Waals surface area (Å²) in [5, 5.41) is 4.12. The maximum absolute atomic E-state index is 12.7. The van der Waals surface area contributed by atoms with Crippen molar-refractivity contribution in [2.45, 2.75) is 32.6 Å². The van der Waals surface area contributed by atoms with Crippen LogP contribution >= 0.6 is 0 Å². The van der Waals surface area contributed by atoms with Crippen LogP contribution in [0.15, 0.2) is 53.8 Å². The first kappa shape index (κ1) is 19.0. The van der Waals surface area contributed by atoms with Crippen molar-refractivity contribution in [1.82, 2.24) is 10.4 Å². The van der Waals surface area contributed by atoms with Crippen LogP contribution in [0.3, 0.4) is 0 Å². The monoisotopic (exact) mass is 390 g/mol. The van der Waals surface area contributed by atoms with Crippen LogP contribution in [0.25, 0.3) is 0 Å². The van der Waals surface area contributed by atoms with Crippen LogP contribution in [0.5, 0.6) is 0 Å². The van der Waals surface area contributed by atoms with Crippen molar-refractivity contribution < 1.29 is 14.4 Å². The predicted molar refractivity (Wildman–Crippen MR) is 108 cm³/mol. The van der Waals surface area contributed by atoms with Gasteiger partial charge in [-0.25, -0.2) is 5.43 Å². The molecule has 1 aliphatic heterocycles. The van der Waals surface area contributed by atoms with Crippen LogP contribution in [0.2, 0.25) is 0 Å². The number of amides is 3. The molecule has 1 N–H and O–H groups in total. The van der Waals surface area contributed by atoms with Crippen molar-refractivity contribution in [3.63, 3.8) is 0 Å². The van der Waals surface area contributed by atoms with E-state index in [0.717, 1.165) is 31.2 Å². The van der Waals surface area contributed by atoms with E-state index in [9.17, 15) is 14.4 Å². The summed E-state index contributed by atoms with van der Waals surface area (Å²) in [5.41, 5.74) is 4.74. The molecule has 1 aliphatic carbocycles. The third-order valence-corrected chi connectivity index (χ3v) is 5.61. The van der Waals surface area contributed by atoms with Gasteiger partial charge in [0.25, 0.3) is 5.91 Å². The Morgan fingerprint density at radius 3 is 2.28 bits per heavy atom. The number of benzene rings is 1. The second-order valence-electron chi connectivity index (χ2n) is 7.41. The van der Waals surface area contributed by atoms with Crippen molar-refractivity contribution in [2.75, 3.05) is 4.90 Å². The number of anilines is 1. The Labute approximate surface area is 168 Å². The third-order valence-electron chi connectivity index (χ3n) is 5.61. The molecule has 7 nitrogen and oxygen atoms in total. The van der Waals surface area contributed by atoms with E-state index in [1.807, 2.05) is 0 Å². The van der Waals surface area contributed by atoms with Gasteiger partial charge in [-0.1, -0.05) is 31.0 Å². The highest BCUT2D eigenvalue weighted by Crippen LogP contribution is 2.40. The number of hydrogen-bond donors (Lipinski definition) is 1. The summed E-state index contributed by atoms with van der Waals surface area (Å²) in [6.45, 7) is 1.77. The molecule has 1 aromatic heterocycles. The normalized spacial score (nSPS) is 21.8. The van der Waals surface area contributed by atoms with Gasteiger partial charge in [0, 0.05) is 6.20 Å². The number of hydrazone groups is 1. The van der Waals surface area contributed by atoms with Crippen LogP contribution in [0.1, 0.15) is 48.7 Å². The van der Waals surface area contributed by atoms with Crippen molar-refractivity contribution in [3.05, 3.63) is 59.9 Å². The summed E-state index contributed by atoms with van der Waals surface area (Å²) in [6.07, 6.45) is 5.15. The molecule has 1 aromatic carbocycles. The highest BCUT2D eigenvalue weighted by Gasteiger charge is 2.48. The number of imide groups is 1. The number of nitrogens with one attached hydrogen (secondary N) is 1. The summed E-state index contributed by atoms with van der Waals surface area (Å²) >= 11 is 0. The molecule has 29 heavy (non-hydrogen) atoms. The SMILES string of the molecule is C/C(=N/NC(=O)c1ccccn1)c1ccc(N2C(=O)[C@H]3CCCC[C@H]3C2=O)cc1. The minimum atomic E-state index is -0.391. The van der Waals surface area contributed by atoms with Crippen molar-refractivity contribution in [3.8, 4) is 0 Å². The zero-order valence-corrected chi connectivity index (χ0v) is 16.2. The van der Waals surface area contributed by atoms with Gasteiger partial charge in [-0.15, -0.1) is 0 Å². The molecule has 4 rings (SSSR count). The van der Waals surface area contributed by atoms with E-state index in [2.05, 4.69) is 15.5 Å². The van der Waals surface area contributed by atoms with Crippen molar-refractivity contribution in [2.24, 2.45) is 16.9 Å². The molecule has 3 amide bonds. The lowest BCUT2D eigenvalue weighted by atomic mass is 9.81. The van der Waals surface area contributed by atoms with Crippen molar-refractivity contribution in [1.29, 1.82) is 0 Å². The number of pyridine rings is 1. The smallest absolute Gasteiger partial charge is 0.274 e. The molecule has 7 heteroatoms. The fourth-order valence-corrected chi connectivity index (χ4v) is 4.02. The van der Waals surface area contributed by atoms with E-state index in [1.165, 1.54) is 4.90 Å². The zero-order valence-electron chi connectivity index (χ0n) is 16.2. The minimum absolute atomic E-state index is 0.0829. The number of carbonyl (C=O) groups is 3. The van der Waals surface area contributed by atoms with E-state index < -0.39 is 5.91 Å². The maximum atomic E-state index is 12.7.